The van der Waals surface area contributed by atoms with Crippen molar-refractivity contribution in [2.45, 2.75) is 13.0 Å². The molecule has 24 heavy (non-hydrogen) atoms. The van der Waals surface area contributed by atoms with Gasteiger partial charge in [-0.15, -0.1) is 11.3 Å². The number of rotatable bonds is 4. The highest BCUT2D eigenvalue weighted by molar-refractivity contribution is 7.21. The lowest BCUT2D eigenvalue weighted by Gasteiger charge is -2.16. The number of hydrogen-bond donors (Lipinski definition) is 0. The first kappa shape index (κ1) is 16.2. The van der Waals surface area contributed by atoms with E-state index in [9.17, 15) is 9.59 Å². The summed E-state index contributed by atoms with van der Waals surface area (Å²) in [5.41, 5.74) is 0.878. The van der Waals surface area contributed by atoms with E-state index in [-0.39, 0.29) is 11.7 Å². The number of ether oxygens (including phenoxy) is 1. The summed E-state index contributed by atoms with van der Waals surface area (Å²) in [6.07, 6.45) is -0.872. The number of hydrogen-bond acceptors (Lipinski definition) is 6. The molecular formula is C17H16N2O4S. The topological polar surface area (TPSA) is 72.6 Å². The molecule has 7 heteroatoms. The fraction of sp³-hybridized carbons (Fsp3) is 0.235. The summed E-state index contributed by atoms with van der Waals surface area (Å²) in [4.78, 5) is 29.7. The first-order chi connectivity index (χ1) is 11.5. The Morgan fingerprint density at radius 2 is 1.96 bits per heavy atom. The van der Waals surface area contributed by atoms with E-state index in [1.807, 2.05) is 24.3 Å². The number of amides is 1. The van der Waals surface area contributed by atoms with Crippen LogP contribution < -0.4 is 0 Å². The number of thiazole rings is 1. The Kier molecular flexibility index (Phi) is 4.35. The van der Waals surface area contributed by atoms with Gasteiger partial charge >= 0.3 is 5.97 Å². The van der Waals surface area contributed by atoms with Crippen molar-refractivity contribution in [1.82, 2.24) is 9.88 Å². The van der Waals surface area contributed by atoms with Crippen LogP contribution in [0.15, 0.2) is 40.8 Å². The van der Waals surface area contributed by atoms with Crippen molar-refractivity contribution in [3.8, 4) is 10.8 Å². The minimum absolute atomic E-state index is 0.0441. The Hall–Kier alpha value is -2.67. The second-order valence-corrected chi connectivity index (χ2v) is 6.46. The number of esters is 1. The number of likely N-dealkylation sites (N-methyl/N-ethyl adjacent to an activating group) is 1. The molecule has 3 aromatic rings. The van der Waals surface area contributed by atoms with Crippen LogP contribution in [0.3, 0.4) is 0 Å². The van der Waals surface area contributed by atoms with Crippen molar-refractivity contribution in [1.29, 1.82) is 0 Å². The standard InChI is InChI=1S/C17H16N2O4S/c1-10(16(20)19(2)3)22-17(21)13-9-8-12(23-13)15-18-11-6-4-5-7-14(11)24-15/h4-10H,1-3H3/t10-/m1/s1. The third-order valence-corrected chi connectivity index (χ3v) is 4.44. The summed E-state index contributed by atoms with van der Waals surface area (Å²) in [7, 11) is 3.20. The number of carbonyl (C=O) groups is 2. The van der Waals surface area contributed by atoms with Crippen molar-refractivity contribution >= 4 is 33.4 Å². The molecule has 0 saturated carbocycles. The predicted molar refractivity (Wildman–Crippen MR) is 90.9 cm³/mol. The Labute approximate surface area is 142 Å². The van der Waals surface area contributed by atoms with Crippen molar-refractivity contribution < 1.29 is 18.7 Å². The number of nitrogens with zero attached hydrogens (tertiary/aromatic N) is 2. The number of fused-ring (bicyclic) bond motifs is 1. The highest BCUT2D eigenvalue weighted by Crippen LogP contribution is 2.31. The van der Waals surface area contributed by atoms with Crippen molar-refractivity contribution in [2.24, 2.45) is 0 Å². The quantitative estimate of drug-likeness (QED) is 0.680. The molecule has 1 amide bonds. The van der Waals surface area contributed by atoms with Gasteiger partial charge in [0.05, 0.1) is 10.2 Å². The number of aromatic nitrogens is 1. The molecule has 0 spiro atoms. The summed E-state index contributed by atoms with van der Waals surface area (Å²) in [6.45, 7) is 1.53. The maximum atomic E-state index is 12.1. The van der Waals surface area contributed by atoms with Gasteiger partial charge in [-0.25, -0.2) is 9.78 Å². The third-order valence-electron chi connectivity index (χ3n) is 3.38. The zero-order valence-corrected chi connectivity index (χ0v) is 14.3. The minimum Gasteiger partial charge on any atom is -0.447 e. The Bertz CT molecular complexity index is 864. The molecular weight excluding hydrogens is 328 g/mol. The zero-order chi connectivity index (χ0) is 17.3. The smallest absolute Gasteiger partial charge is 0.375 e. The number of benzene rings is 1. The third kappa shape index (κ3) is 3.16. The molecule has 2 heterocycles. The lowest BCUT2D eigenvalue weighted by molar-refractivity contribution is -0.137. The van der Waals surface area contributed by atoms with Gasteiger partial charge in [-0.1, -0.05) is 12.1 Å². The van der Waals surface area contributed by atoms with Crippen LogP contribution in [0.4, 0.5) is 0 Å². The monoisotopic (exact) mass is 344 g/mol. The molecule has 6 nitrogen and oxygen atoms in total. The maximum Gasteiger partial charge on any atom is 0.375 e. The van der Waals surface area contributed by atoms with Crippen LogP contribution in [0.1, 0.15) is 17.5 Å². The molecule has 0 saturated heterocycles. The second kappa shape index (κ2) is 6.45. The molecule has 0 aliphatic carbocycles. The van der Waals surface area contributed by atoms with Gasteiger partial charge in [-0.05, 0) is 31.2 Å². The van der Waals surface area contributed by atoms with E-state index in [4.69, 9.17) is 9.15 Å². The molecule has 0 radical (unpaired) electrons. The Balaban J connectivity index is 1.77. The fourth-order valence-corrected chi connectivity index (χ4v) is 3.10. The molecule has 1 aromatic carbocycles. The number of furan rings is 1. The number of para-hydroxylation sites is 1. The molecule has 0 aliphatic rings. The lowest BCUT2D eigenvalue weighted by Crippen LogP contribution is -2.34. The molecule has 0 N–H and O–H groups in total. The number of carbonyl (C=O) groups excluding carboxylic acids is 2. The van der Waals surface area contributed by atoms with Crippen LogP contribution in [-0.2, 0) is 9.53 Å². The van der Waals surface area contributed by atoms with E-state index in [2.05, 4.69) is 4.98 Å². The molecule has 0 unspecified atom stereocenters. The SMILES string of the molecule is C[C@@H](OC(=O)c1ccc(-c2nc3ccccc3s2)o1)C(=O)N(C)C. The zero-order valence-electron chi connectivity index (χ0n) is 13.5. The summed E-state index contributed by atoms with van der Waals surface area (Å²) >= 11 is 1.48. The minimum atomic E-state index is -0.872. The van der Waals surface area contributed by atoms with E-state index in [0.29, 0.717) is 10.8 Å². The molecule has 124 valence electrons. The summed E-state index contributed by atoms with van der Waals surface area (Å²) in [6, 6.07) is 11.0. The van der Waals surface area contributed by atoms with Crippen molar-refractivity contribution in [3.63, 3.8) is 0 Å². The van der Waals surface area contributed by atoms with Crippen LogP contribution >= 0.6 is 11.3 Å². The average Bonchev–Trinajstić information content (AvgIpc) is 3.20. The molecule has 2 aromatic heterocycles. The lowest BCUT2D eigenvalue weighted by atomic mass is 10.3. The highest BCUT2D eigenvalue weighted by Gasteiger charge is 2.23. The molecule has 3 rings (SSSR count). The van der Waals surface area contributed by atoms with Gasteiger partial charge in [0.15, 0.2) is 16.9 Å². The van der Waals surface area contributed by atoms with Gasteiger partial charge in [0.1, 0.15) is 0 Å². The van der Waals surface area contributed by atoms with Crippen LogP contribution in [0, 0.1) is 0 Å². The predicted octanol–water partition coefficient (Wildman–Crippen LogP) is 3.19. The molecule has 0 fully saturated rings. The molecule has 0 bridgehead atoms. The van der Waals surface area contributed by atoms with Crippen molar-refractivity contribution in [3.05, 3.63) is 42.2 Å². The Morgan fingerprint density at radius 3 is 2.67 bits per heavy atom. The largest absolute Gasteiger partial charge is 0.447 e. The van der Waals surface area contributed by atoms with Crippen LogP contribution in [0.2, 0.25) is 0 Å². The van der Waals surface area contributed by atoms with Gasteiger partial charge in [-0.2, -0.15) is 0 Å². The maximum absolute atomic E-state index is 12.1. The average molecular weight is 344 g/mol. The van der Waals surface area contributed by atoms with E-state index in [1.54, 1.807) is 20.2 Å². The molecule has 0 aliphatic heterocycles. The van der Waals surface area contributed by atoms with Gasteiger partial charge in [-0.3, -0.25) is 4.79 Å². The fourth-order valence-electron chi connectivity index (χ4n) is 2.17. The first-order valence-corrected chi connectivity index (χ1v) is 8.15. The molecule has 1 atom stereocenters. The van der Waals surface area contributed by atoms with Gasteiger partial charge in [0, 0.05) is 14.1 Å². The summed E-state index contributed by atoms with van der Waals surface area (Å²) in [5.74, 6) is -0.427. The van der Waals surface area contributed by atoms with Gasteiger partial charge in [0.25, 0.3) is 5.91 Å². The van der Waals surface area contributed by atoms with E-state index >= 15 is 0 Å². The summed E-state index contributed by atoms with van der Waals surface area (Å²) < 4.78 is 11.7. The van der Waals surface area contributed by atoms with Crippen molar-refractivity contribution in [2.75, 3.05) is 14.1 Å². The van der Waals surface area contributed by atoms with Crippen LogP contribution in [-0.4, -0.2) is 42.0 Å². The first-order valence-electron chi connectivity index (χ1n) is 7.33. The van der Waals surface area contributed by atoms with E-state index in [0.717, 1.165) is 10.2 Å². The van der Waals surface area contributed by atoms with Crippen LogP contribution in [0.5, 0.6) is 0 Å². The van der Waals surface area contributed by atoms with E-state index in [1.165, 1.54) is 29.2 Å². The van der Waals surface area contributed by atoms with E-state index < -0.39 is 12.1 Å². The van der Waals surface area contributed by atoms with Crippen LogP contribution in [0.25, 0.3) is 21.0 Å². The highest BCUT2D eigenvalue weighted by atomic mass is 32.1. The summed E-state index contributed by atoms with van der Waals surface area (Å²) in [5, 5.41) is 0.688. The van der Waals surface area contributed by atoms with Gasteiger partial charge in [0.2, 0.25) is 5.76 Å². The van der Waals surface area contributed by atoms with Gasteiger partial charge < -0.3 is 14.1 Å². The second-order valence-electron chi connectivity index (χ2n) is 5.43. The Morgan fingerprint density at radius 1 is 1.21 bits per heavy atom. The normalized spacial score (nSPS) is 12.1.